The van der Waals surface area contributed by atoms with E-state index in [1.54, 1.807) is 11.3 Å². The molecule has 1 aliphatic carbocycles. The van der Waals surface area contributed by atoms with Crippen molar-refractivity contribution in [3.05, 3.63) is 47.4 Å². The fourth-order valence-electron chi connectivity index (χ4n) is 2.96. The van der Waals surface area contributed by atoms with Crippen molar-refractivity contribution < 1.29 is 4.79 Å². The van der Waals surface area contributed by atoms with E-state index in [4.69, 9.17) is 0 Å². The van der Waals surface area contributed by atoms with E-state index >= 15 is 0 Å². The lowest BCUT2D eigenvalue weighted by Crippen LogP contribution is -2.38. The van der Waals surface area contributed by atoms with E-state index in [1.807, 2.05) is 0 Å². The van der Waals surface area contributed by atoms with Crippen molar-refractivity contribution in [3.63, 3.8) is 0 Å². The van der Waals surface area contributed by atoms with E-state index in [0.29, 0.717) is 0 Å². The zero-order valence-corrected chi connectivity index (χ0v) is 13.2. The maximum absolute atomic E-state index is 12.3. The van der Waals surface area contributed by atoms with Gasteiger partial charge < -0.3 is 5.32 Å². The number of rotatable bonds is 4. The van der Waals surface area contributed by atoms with Crippen LogP contribution in [-0.2, 0) is 11.2 Å². The molecule has 2 nitrogen and oxygen atoms in total. The quantitative estimate of drug-likeness (QED) is 0.838. The minimum absolute atomic E-state index is 0.164. The van der Waals surface area contributed by atoms with Crippen LogP contribution in [0.4, 0.5) is 0 Å². The van der Waals surface area contributed by atoms with Gasteiger partial charge in [-0.25, -0.2) is 0 Å². The molecule has 0 saturated heterocycles. The summed E-state index contributed by atoms with van der Waals surface area (Å²) >= 11 is 1.78. The maximum Gasteiger partial charge on any atom is 0.223 e. The molecule has 0 radical (unpaired) electrons. The lowest BCUT2D eigenvalue weighted by Gasteiger charge is -2.20. The maximum atomic E-state index is 12.3. The van der Waals surface area contributed by atoms with Crippen LogP contribution in [0.5, 0.6) is 0 Å². The molecule has 3 heteroatoms. The number of nitrogens with one attached hydrogen (secondary N) is 1. The molecule has 21 heavy (non-hydrogen) atoms. The summed E-state index contributed by atoms with van der Waals surface area (Å²) in [5.74, 6) is 0.378. The number of carbonyl (C=O) groups is 1. The van der Waals surface area contributed by atoms with Crippen LogP contribution in [0.25, 0.3) is 10.1 Å². The molecule has 0 saturated carbocycles. The number of hydrogen-bond donors (Lipinski definition) is 1. The van der Waals surface area contributed by atoms with Gasteiger partial charge in [-0.2, -0.15) is 0 Å². The van der Waals surface area contributed by atoms with E-state index in [2.05, 4.69) is 54.0 Å². The van der Waals surface area contributed by atoms with Crippen LogP contribution in [0.3, 0.4) is 0 Å². The third-order valence-electron chi connectivity index (χ3n) is 4.12. The Kier molecular flexibility index (Phi) is 4.39. The molecule has 1 N–H and O–H groups in total. The Morgan fingerprint density at radius 2 is 2.24 bits per heavy atom. The summed E-state index contributed by atoms with van der Waals surface area (Å²) < 4.78 is 1.32. The average molecular weight is 299 g/mol. The van der Waals surface area contributed by atoms with Crippen LogP contribution in [0.15, 0.2) is 41.8 Å². The van der Waals surface area contributed by atoms with Gasteiger partial charge in [-0.15, -0.1) is 11.3 Å². The summed E-state index contributed by atoms with van der Waals surface area (Å²) in [4.78, 5) is 12.3. The zero-order valence-electron chi connectivity index (χ0n) is 12.3. The Hall–Kier alpha value is -1.61. The van der Waals surface area contributed by atoms with Crippen molar-refractivity contribution in [2.24, 2.45) is 5.92 Å². The molecule has 110 valence electrons. The molecule has 0 aliphatic heterocycles. The van der Waals surface area contributed by atoms with Crippen LogP contribution in [0.2, 0.25) is 0 Å². The first kappa shape index (κ1) is 14.3. The molecule has 1 aromatic heterocycles. The van der Waals surface area contributed by atoms with E-state index in [0.717, 1.165) is 25.7 Å². The fourth-order valence-corrected chi connectivity index (χ4v) is 3.94. The van der Waals surface area contributed by atoms with Crippen LogP contribution >= 0.6 is 11.3 Å². The predicted molar refractivity (Wildman–Crippen MR) is 89.6 cm³/mol. The first-order chi connectivity index (χ1) is 10.2. The van der Waals surface area contributed by atoms with Gasteiger partial charge in [-0.1, -0.05) is 30.4 Å². The summed E-state index contributed by atoms with van der Waals surface area (Å²) in [7, 11) is 0. The smallest absolute Gasteiger partial charge is 0.223 e. The molecular formula is C18H21NOS. The van der Waals surface area contributed by atoms with Crippen LogP contribution < -0.4 is 5.32 Å². The third-order valence-corrected chi connectivity index (χ3v) is 5.13. The number of allylic oxidation sites excluding steroid dienone is 2. The lowest BCUT2D eigenvalue weighted by atomic mass is 9.93. The molecule has 0 fully saturated rings. The molecule has 0 bridgehead atoms. The molecule has 1 aliphatic rings. The van der Waals surface area contributed by atoms with Crippen LogP contribution in [0.1, 0.15) is 31.7 Å². The number of carbonyl (C=O) groups excluding carboxylic acids is 1. The van der Waals surface area contributed by atoms with Crippen LogP contribution in [-0.4, -0.2) is 11.9 Å². The second-order valence-electron chi connectivity index (χ2n) is 5.85. The standard InChI is InChI=1S/C18H21NOS/c1-13(19-18(20)14-7-3-2-4-8-14)11-15-12-21-17-10-6-5-9-16(15)17/h2-3,5-6,9-10,12-14H,4,7-8,11H2,1H3,(H,19,20)/t13-,14-/m1/s1. The number of fused-ring (bicyclic) bond motifs is 1. The second-order valence-corrected chi connectivity index (χ2v) is 6.76. The summed E-state index contributed by atoms with van der Waals surface area (Å²) in [6.45, 7) is 2.10. The zero-order chi connectivity index (χ0) is 14.7. The molecule has 2 atom stereocenters. The van der Waals surface area contributed by atoms with E-state index in [9.17, 15) is 4.79 Å². The largest absolute Gasteiger partial charge is 0.353 e. The van der Waals surface area contributed by atoms with Gasteiger partial charge in [0.05, 0.1) is 0 Å². The monoisotopic (exact) mass is 299 g/mol. The Morgan fingerprint density at radius 3 is 3.05 bits per heavy atom. The van der Waals surface area contributed by atoms with E-state index in [-0.39, 0.29) is 17.9 Å². The SMILES string of the molecule is C[C@H](Cc1csc2ccccc12)NC(=O)[C@@H]1CC=CCC1. The topological polar surface area (TPSA) is 29.1 Å². The van der Waals surface area contributed by atoms with Gasteiger partial charge in [0.1, 0.15) is 0 Å². The minimum Gasteiger partial charge on any atom is -0.353 e. The molecular weight excluding hydrogens is 278 g/mol. The molecule has 1 heterocycles. The van der Waals surface area contributed by atoms with Crippen molar-refractivity contribution >= 4 is 27.3 Å². The molecule has 0 spiro atoms. The van der Waals surface area contributed by atoms with Crippen molar-refractivity contribution in [3.8, 4) is 0 Å². The highest BCUT2D eigenvalue weighted by molar-refractivity contribution is 7.17. The summed E-state index contributed by atoms with van der Waals surface area (Å²) in [6.07, 6.45) is 8.10. The van der Waals surface area contributed by atoms with Gasteiger partial charge in [-0.3, -0.25) is 4.79 Å². The van der Waals surface area contributed by atoms with E-state index in [1.165, 1.54) is 15.6 Å². The lowest BCUT2D eigenvalue weighted by molar-refractivity contribution is -0.125. The summed E-state index contributed by atoms with van der Waals surface area (Å²) in [6, 6.07) is 8.66. The second kappa shape index (κ2) is 6.44. The number of amides is 1. The van der Waals surface area contributed by atoms with Crippen molar-refractivity contribution in [1.29, 1.82) is 0 Å². The fraction of sp³-hybridized carbons (Fsp3) is 0.389. The Labute approximate surface area is 129 Å². The summed E-state index contributed by atoms with van der Waals surface area (Å²) in [5, 5.41) is 6.73. The molecule has 3 rings (SSSR count). The molecule has 0 unspecified atom stereocenters. The first-order valence-electron chi connectivity index (χ1n) is 7.64. The van der Waals surface area contributed by atoms with Crippen molar-refractivity contribution in [2.75, 3.05) is 0 Å². The number of hydrogen-bond acceptors (Lipinski definition) is 2. The normalized spacial score (nSPS) is 19.6. The van der Waals surface area contributed by atoms with Gasteiger partial charge in [-0.05, 0) is 55.0 Å². The highest BCUT2D eigenvalue weighted by Gasteiger charge is 2.20. The Bertz CT molecular complexity index is 658. The van der Waals surface area contributed by atoms with Gasteiger partial charge in [0.15, 0.2) is 0 Å². The third kappa shape index (κ3) is 3.35. The van der Waals surface area contributed by atoms with E-state index < -0.39 is 0 Å². The average Bonchev–Trinajstić information content (AvgIpc) is 2.91. The van der Waals surface area contributed by atoms with Gasteiger partial charge >= 0.3 is 0 Å². The Morgan fingerprint density at radius 1 is 1.38 bits per heavy atom. The minimum atomic E-state index is 0.164. The molecule has 2 aromatic rings. The predicted octanol–water partition coefficient (Wildman–Crippen LogP) is 4.30. The summed E-state index contributed by atoms with van der Waals surface area (Å²) in [5.41, 5.74) is 1.34. The number of benzene rings is 1. The van der Waals surface area contributed by atoms with Crippen LogP contribution in [0, 0.1) is 5.92 Å². The highest BCUT2D eigenvalue weighted by atomic mass is 32.1. The van der Waals surface area contributed by atoms with Gasteiger partial charge in [0.25, 0.3) is 0 Å². The van der Waals surface area contributed by atoms with Crippen molar-refractivity contribution in [2.45, 2.75) is 38.6 Å². The molecule has 1 aromatic carbocycles. The highest BCUT2D eigenvalue weighted by Crippen LogP contribution is 2.26. The van der Waals surface area contributed by atoms with Gasteiger partial charge in [0, 0.05) is 16.7 Å². The van der Waals surface area contributed by atoms with Gasteiger partial charge in [0.2, 0.25) is 5.91 Å². The van der Waals surface area contributed by atoms with Crippen molar-refractivity contribution in [1.82, 2.24) is 5.32 Å². The number of thiophene rings is 1. The Balaban J connectivity index is 1.62. The first-order valence-corrected chi connectivity index (χ1v) is 8.52. The molecule has 1 amide bonds.